The highest BCUT2D eigenvalue weighted by atomic mass is 79.9. The molecule has 0 saturated carbocycles. The Balaban J connectivity index is 0.000000686. The number of halogens is 1. The van der Waals surface area contributed by atoms with Crippen molar-refractivity contribution in [3.63, 3.8) is 0 Å². The van der Waals surface area contributed by atoms with E-state index in [4.69, 9.17) is 0 Å². The maximum absolute atomic E-state index is 11.8. The van der Waals surface area contributed by atoms with Crippen LogP contribution >= 0.6 is 27.3 Å². The predicted molar refractivity (Wildman–Crippen MR) is 78.9 cm³/mol. The van der Waals surface area contributed by atoms with Gasteiger partial charge in [0, 0.05) is 34.0 Å². The SMILES string of the molecule is CC.CN(C)C(=O)c1csc2ccc(Br)cc12. The first-order chi connectivity index (χ1) is 8.09. The van der Waals surface area contributed by atoms with Crippen molar-refractivity contribution in [1.82, 2.24) is 4.90 Å². The summed E-state index contributed by atoms with van der Waals surface area (Å²) in [6, 6.07) is 6.00. The van der Waals surface area contributed by atoms with E-state index in [2.05, 4.69) is 15.9 Å². The zero-order chi connectivity index (χ0) is 13.0. The van der Waals surface area contributed by atoms with Crippen LogP contribution in [-0.2, 0) is 0 Å². The van der Waals surface area contributed by atoms with Crippen LogP contribution in [0, 0.1) is 0 Å². The number of nitrogens with zero attached hydrogens (tertiary/aromatic N) is 1. The summed E-state index contributed by atoms with van der Waals surface area (Å²) in [4.78, 5) is 13.4. The topological polar surface area (TPSA) is 20.3 Å². The maximum atomic E-state index is 11.8. The molecule has 0 aliphatic carbocycles. The zero-order valence-corrected chi connectivity index (χ0v) is 12.9. The van der Waals surface area contributed by atoms with Gasteiger partial charge in [0.2, 0.25) is 0 Å². The zero-order valence-electron chi connectivity index (χ0n) is 10.5. The van der Waals surface area contributed by atoms with Gasteiger partial charge >= 0.3 is 0 Å². The molecular weight excluding hydrogens is 298 g/mol. The molecule has 1 aromatic heterocycles. The fraction of sp³-hybridized carbons (Fsp3) is 0.308. The van der Waals surface area contributed by atoms with E-state index >= 15 is 0 Å². The summed E-state index contributed by atoms with van der Waals surface area (Å²) in [5.74, 6) is 0.0550. The molecule has 0 bridgehead atoms. The molecular formula is C13H16BrNOS. The molecule has 0 atom stereocenters. The number of hydrogen-bond acceptors (Lipinski definition) is 2. The van der Waals surface area contributed by atoms with Crippen molar-refractivity contribution in [1.29, 1.82) is 0 Å². The smallest absolute Gasteiger partial charge is 0.254 e. The first kappa shape index (κ1) is 14.2. The fourth-order valence-corrected chi connectivity index (χ4v) is 2.68. The summed E-state index contributed by atoms with van der Waals surface area (Å²) in [6.45, 7) is 4.00. The van der Waals surface area contributed by atoms with Gasteiger partial charge in [-0.3, -0.25) is 4.79 Å². The largest absolute Gasteiger partial charge is 0.345 e. The van der Waals surface area contributed by atoms with E-state index in [9.17, 15) is 4.79 Å². The molecule has 2 aromatic rings. The standard InChI is InChI=1S/C11H10BrNOS.C2H6/c1-13(2)11(14)9-6-15-10-4-3-7(12)5-8(9)10;1-2/h3-6H,1-2H3;1-2H3. The normalized spacial score (nSPS) is 9.71. The summed E-state index contributed by atoms with van der Waals surface area (Å²) < 4.78 is 2.14. The van der Waals surface area contributed by atoms with Crippen molar-refractivity contribution in [2.75, 3.05) is 14.1 Å². The number of thiophene rings is 1. The first-order valence-corrected chi connectivity index (χ1v) is 7.15. The number of hydrogen-bond donors (Lipinski definition) is 0. The van der Waals surface area contributed by atoms with E-state index in [1.54, 1.807) is 30.3 Å². The van der Waals surface area contributed by atoms with E-state index in [0.29, 0.717) is 0 Å². The highest BCUT2D eigenvalue weighted by Crippen LogP contribution is 2.29. The Kier molecular flexibility index (Phi) is 5.15. The Morgan fingerprint density at radius 2 is 1.94 bits per heavy atom. The van der Waals surface area contributed by atoms with Crippen LogP contribution < -0.4 is 0 Å². The van der Waals surface area contributed by atoms with E-state index in [1.807, 2.05) is 37.4 Å². The average molecular weight is 314 g/mol. The molecule has 1 heterocycles. The minimum Gasteiger partial charge on any atom is -0.345 e. The maximum Gasteiger partial charge on any atom is 0.254 e. The van der Waals surface area contributed by atoms with Crippen molar-refractivity contribution in [2.45, 2.75) is 13.8 Å². The summed E-state index contributed by atoms with van der Waals surface area (Å²) in [5.41, 5.74) is 0.779. The summed E-state index contributed by atoms with van der Waals surface area (Å²) in [5, 5.41) is 2.94. The van der Waals surface area contributed by atoms with Crippen LogP contribution in [0.25, 0.3) is 10.1 Å². The fourth-order valence-electron chi connectivity index (χ4n) is 1.41. The molecule has 0 aliphatic rings. The molecule has 4 heteroatoms. The van der Waals surface area contributed by atoms with Crippen molar-refractivity contribution < 1.29 is 4.79 Å². The van der Waals surface area contributed by atoms with Crippen molar-refractivity contribution >= 4 is 43.3 Å². The molecule has 92 valence electrons. The van der Waals surface area contributed by atoms with Gasteiger partial charge in [0.1, 0.15) is 0 Å². The van der Waals surface area contributed by atoms with Gasteiger partial charge in [-0.1, -0.05) is 29.8 Å². The molecule has 0 aliphatic heterocycles. The summed E-state index contributed by atoms with van der Waals surface area (Å²) in [6.07, 6.45) is 0. The van der Waals surface area contributed by atoms with Gasteiger partial charge in [-0.15, -0.1) is 11.3 Å². The highest BCUT2D eigenvalue weighted by Gasteiger charge is 2.13. The Morgan fingerprint density at radius 3 is 2.53 bits per heavy atom. The number of benzene rings is 1. The summed E-state index contributed by atoms with van der Waals surface area (Å²) in [7, 11) is 3.54. The van der Waals surface area contributed by atoms with Gasteiger partial charge in [-0.25, -0.2) is 0 Å². The molecule has 0 saturated heterocycles. The molecule has 0 fully saturated rings. The molecule has 0 unspecified atom stereocenters. The Morgan fingerprint density at radius 1 is 1.29 bits per heavy atom. The van der Waals surface area contributed by atoms with Gasteiger partial charge < -0.3 is 4.90 Å². The molecule has 2 rings (SSSR count). The van der Waals surface area contributed by atoms with Crippen molar-refractivity contribution in [2.24, 2.45) is 0 Å². The van der Waals surface area contributed by atoms with Crippen LogP contribution in [0.3, 0.4) is 0 Å². The number of carbonyl (C=O) groups excluding carboxylic acids is 1. The van der Waals surface area contributed by atoms with Crippen molar-refractivity contribution in [3.8, 4) is 0 Å². The predicted octanol–water partition coefficient (Wildman–Crippen LogP) is 4.39. The third-order valence-electron chi connectivity index (χ3n) is 2.17. The lowest BCUT2D eigenvalue weighted by Crippen LogP contribution is -2.21. The van der Waals surface area contributed by atoms with E-state index in [1.165, 1.54) is 0 Å². The van der Waals surface area contributed by atoms with Crippen LogP contribution in [0.15, 0.2) is 28.1 Å². The second-order valence-electron chi connectivity index (χ2n) is 3.49. The van der Waals surface area contributed by atoms with Gasteiger partial charge in [0.05, 0.1) is 5.56 Å². The highest BCUT2D eigenvalue weighted by molar-refractivity contribution is 9.10. The molecule has 0 radical (unpaired) electrons. The minimum absolute atomic E-state index is 0.0550. The van der Waals surface area contributed by atoms with Gasteiger partial charge in [0.15, 0.2) is 0 Å². The summed E-state index contributed by atoms with van der Waals surface area (Å²) >= 11 is 5.02. The van der Waals surface area contributed by atoms with E-state index in [0.717, 1.165) is 20.1 Å². The Labute approximate surface area is 114 Å². The van der Waals surface area contributed by atoms with Gasteiger partial charge in [-0.05, 0) is 18.2 Å². The van der Waals surface area contributed by atoms with Gasteiger partial charge in [-0.2, -0.15) is 0 Å². The second-order valence-corrected chi connectivity index (χ2v) is 5.32. The first-order valence-electron chi connectivity index (χ1n) is 5.48. The number of rotatable bonds is 1. The van der Waals surface area contributed by atoms with E-state index < -0.39 is 0 Å². The third kappa shape index (κ3) is 3.07. The molecule has 17 heavy (non-hydrogen) atoms. The van der Waals surface area contributed by atoms with Crippen LogP contribution in [0.4, 0.5) is 0 Å². The quantitative estimate of drug-likeness (QED) is 0.764. The third-order valence-corrected chi connectivity index (χ3v) is 3.63. The molecule has 1 amide bonds. The minimum atomic E-state index is 0.0550. The number of amides is 1. The number of carbonyl (C=O) groups is 1. The lowest BCUT2D eigenvalue weighted by atomic mass is 10.1. The second kappa shape index (κ2) is 6.17. The Bertz CT molecular complexity index is 519. The van der Waals surface area contributed by atoms with Crippen LogP contribution in [-0.4, -0.2) is 24.9 Å². The molecule has 2 nitrogen and oxygen atoms in total. The van der Waals surface area contributed by atoms with Gasteiger partial charge in [0.25, 0.3) is 5.91 Å². The molecule has 1 aromatic carbocycles. The average Bonchev–Trinajstić information content (AvgIpc) is 2.73. The molecule has 0 spiro atoms. The Hall–Kier alpha value is -0.870. The molecule has 0 N–H and O–H groups in total. The van der Waals surface area contributed by atoms with Crippen molar-refractivity contribution in [3.05, 3.63) is 33.6 Å². The number of fused-ring (bicyclic) bond motifs is 1. The van der Waals surface area contributed by atoms with Crippen LogP contribution in [0.1, 0.15) is 24.2 Å². The van der Waals surface area contributed by atoms with E-state index in [-0.39, 0.29) is 5.91 Å². The lowest BCUT2D eigenvalue weighted by Gasteiger charge is -2.08. The van der Waals surface area contributed by atoms with Crippen LogP contribution in [0.2, 0.25) is 0 Å². The van der Waals surface area contributed by atoms with Crippen LogP contribution in [0.5, 0.6) is 0 Å². The monoisotopic (exact) mass is 313 g/mol. The lowest BCUT2D eigenvalue weighted by molar-refractivity contribution is 0.0830.